The Balaban J connectivity index is 1.52. The zero-order valence-electron chi connectivity index (χ0n) is 16.3. The summed E-state index contributed by atoms with van der Waals surface area (Å²) in [5.41, 5.74) is 1.40. The molecule has 3 aromatic carbocycles. The Hall–Kier alpha value is -2.30. The van der Waals surface area contributed by atoms with Crippen LogP contribution in [0, 0.1) is 17.6 Å². The predicted octanol–water partition coefficient (Wildman–Crippen LogP) is 5.41. The number of nitrogens with one attached hydrogen (secondary N) is 2. The summed E-state index contributed by atoms with van der Waals surface area (Å²) in [6.45, 7) is 4.77. The average molecular weight is 382 g/mol. The SMILES string of the molecule is CCCC(CNCc1c(F)cccc1F)CNCc1cccc2ccccc12. The van der Waals surface area contributed by atoms with Gasteiger partial charge in [-0.1, -0.05) is 61.9 Å². The third-order valence-electron chi connectivity index (χ3n) is 5.12. The molecule has 0 aliphatic rings. The maximum absolute atomic E-state index is 13.7. The second-order valence-electron chi connectivity index (χ2n) is 7.25. The molecule has 3 aromatic rings. The molecular weight excluding hydrogens is 354 g/mol. The van der Waals surface area contributed by atoms with Crippen molar-refractivity contribution in [3.63, 3.8) is 0 Å². The molecule has 2 nitrogen and oxygen atoms in total. The third kappa shape index (κ3) is 5.37. The summed E-state index contributed by atoms with van der Waals surface area (Å²) in [7, 11) is 0. The largest absolute Gasteiger partial charge is 0.312 e. The van der Waals surface area contributed by atoms with E-state index in [4.69, 9.17) is 0 Å². The molecule has 0 amide bonds. The fraction of sp³-hybridized carbons (Fsp3) is 0.333. The van der Waals surface area contributed by atoms with Gasteiger partial charge in [-0.2, -0.15) is 0 Å². The van der Waals surface area contributed by atoms with Gasteiger partial charge in [0.15, 0.2) is 0 Å². The Morgan fingerprint density at radius 3 is 2.18 bits per heavy atom. The Morgan fingerprint density at radius 1 is 0.786 bits per heavy atom. The van der Waals surface area contributed by atoms with Gasteiger partial charge in [-0.05, 0) is 53.9 Å². The highest BCUT2D eigenvalue weighted by Crippen LogP contribution is 2.18. The van der Waals surface area contributed by atoms with Gasteiger partial charge in [-0.25, -0.2) is 8.78 Å². The maximum atomic E-state index is 13.7. The molecule has 3 rings (SSSR count). The van der Waals surface area contributed by atoms with Crippen LogP contribution in [0.2, 0.25) is 0 Å². The zero-order chi connectivity index (χ0) is 19.8. The van der Waals surface area contributed by atoms with E-state index in [1.807, 2.05) is 0 Å². The van der Waals surface area contributed by atoms with Crippen molar-refractivity contribution in [3.05, 3.63) is 83.4 Å². The van der Waals surface area contributed by atoms with Gasteiger partial charge < -0.3 is 10.6 Å². The molecular formula is C24H28F2N2. The van der Waals surface area contributed by atoms with Crippen molar-refractivity contribution in [2.24, 2.45) is 5.92 Å². The molecule has 0 fully saturated rings. The first-order chi connectivity index (χ1) is 13.7. The van der Waals surface area contributed by atoms with Gasteiger partial charge in [-0.3, -0.25) is 0 Å². The summed E-state index contributed by atoms with van der Waals surface area (Å²) < 4.78 is 27.5. The van der Waals surface area contributed by atoms with Crippen LogP contribution in [-0.2, 0) is 13.1 Å². The molecule has 0 saturated heterocycles. The molecule has 1 unspecified atom stereocenters. The second kappa shape index (κ2) is 10.3. The minimum absolute atomic E-state index is 0.112. The molecule has 4 heteroatoms. The molecule has 0 aromatic heterocycles. The van der Waals surface area contributed by atoms with Gasteiger partial charge >= 0.3 is 0 Å². The summed E-state index contributed by atoms with van der Waals surface area (Å²) in [6, 6.07) is 18.8. The van der Waals surface area contributed by atoms with E-state index in [1.54, 1.807) is 0 Å². The maximum Gasteiger partial charge on any atom is 0.130 e. The lowest BCUT2D eigenvalue weighted by Crippen LogP contribution is -2.31. The molecule has 0 aliphatic heterocycles. The van der Waals surface area contributed by atoms with Gasteiger partial charge in [0.2, 0.25) is 0 Å². The average Bonchev–Trinajstić information content (AvgIpc) is 2.70. The molecule has 0 spiro atoms. The molecule has 0 heterocycles. The number of hydrogen-bond donors (Lipinski definition) is 2. The van der Waals surface area contributed by atoms with Crippen LogP contribution in [0.1, 0.15) is 30.9 Å². The Kier molecular flexibility index (Phi) is 7.52. The standard InChI is InChI=1S/C24H28F2N2/c1-2-7-18(15-28-17-22-23(25)12-6-13-24(22)26)14-27-16-20-10-5-9-19-8-3-4-11-21(19)20/h3-6,8-13,18,27-28H,2,7,14-17H2,1H3. The van der Waals surface area contributed by atoms with E-state index >= 15 is 0 Å². The van der Waals surface area contributed by atoms with Crippen LogP contribution in [0.25, 0.3) is 10.8 Å². The van der Waals surface area contributed by atoms with Gasteiger partial charge in [-0.15, -0.1) is 0 Å². The predicted molar refractivity (Wildman–Crippen MR) is 112 cm³/mol. The van der Waals surface area contributed by atoms with Gasteiger partial charge in [0.25, 0.3) is 0 Å². The molecule has 148 valence electrons. The van der Waals surface area contributed by atoms with Crippen molar-refractivity contribution in [2.75, 3.05) is 13.1 Å². The number of hydrogen-bond acceptors (Lipinski definition) is 2. The van der Waals surface area contributed by atoms with Crippen LogP contribution < -0.4 is 10.6 Å². The Bertz CT molecular complexity index is 869. The van der Waals surface area contributed by atoms with Crippen LogP contribution in [0.15, 0.2) is 60.7 Å². The van der Waals surface area contributed by atoms with Crippen LogP contribution >= 0.6 is 0 Å². The van der Waals surface area contributed by atoms with Crippen LogP contribution in [-0.4, -0.2) is 13.1 Å². The first kappa shape index (κ1) is 20.4. The van der Waals surface area contributed by atoms with Crippen molar-refractivity contribution in [1.29, 1.82) is 0 Å². The first-order valence-corrected chi connectivity index (χ1v) is 10.00. The van der Waals surface area contributed by atoms with Crippen molar-refractivity contribution in [2.45, 2.75) is 32.9 Å². The van der Waals surface area contributed by atoms with Crippen molar-refractivity contribution < 1.29 is 8.78 Å². The Morgan fingerprint density at radius 2 is 1.43 bits per heavy atom. The number of fused-ring (bicyclic) bond motifs is 1. The van der Waals surface area contributed by atoms with E-state index in [9.17, 15) is 8.78 Å². The van der Waals surface area contributed by atoms with E-state index < -0.39 is 11.6 Å². The zero-order valence-corrected chi connectivity index (χ0v) is 16.3. The van der Waals surface area contributed by atoms with Gasteiger partial charge in [0, 0.05) is 18.7 Å². The van der Waals surface area contributed by atoms with E-state index in [1.165, 1.54) is 34.5 Å². The molecule has 0 saturated carbocycles. The molecule has 28 heavy (non-hydrogen) atoms. The Labute approximate surface area is 166 Å². The van der Waals surface area contributed by atoms with Crippen molar-refractivity contribution >= 4 is 10.8 Å². The molecule has 0 bridgehead atoms. The molecule has 0 radical (unpaired) electrons. The summed E-state index contributed by atoms with van der Waals surface area (Å²) in [4.78, 5) is 0. The number of benzene rings is 3. The third-order valence-corrected chi connectivity index (χ3v) is 5.12. The highest BCUT2D eigenvalue weighted by Gasteiger charge is 2.11. The van der Waals surface area contributed by atoms with Gasteiger partial charge in [0.05, 0.1) is 0 Å². The minimum Gasteiger partial charge on any atom is -0.312 e. The summed E-state index contributed by atoms with van der Waals surface area (Å²) in [5, 5.41) is 9.31. The monoisotopic (exact) mass is 382 g/mol. The lowest BCUT2D eigenvalue weighted by molar-refractivity contribution is 0.407. The summed E-state index contributed by atoms with van der Waals surface area (Å²) >= 11 is 0. The second-order valence-corrected chi connectivity index (χ2v) is 7.25. The van der Waals surface area contributed by atoms with E-state index in [0.717, 1.165) is 32.5 Å². The van der Waals surface area contributed by atoms with Crippen molar-refractivity contribution in [3.8, 4) is 0 Å². The minimum atomic E-state index is -0.492. The van der Waals surface area contributed by atoms with Crippen molar-refractivity contribution in [1.82, 2.24) is 10.6 Å². The molecule has 0 aliphatic carbocycles. The first-order valence-electron chi connectivity index (χ1n) is 10.00. The molecule has 1 atom stereocenters. The van der Waals surface area contributed by atoms with Crippen LogP contribution in [0.4, 0.5) is 8.78 Å². The van der Waals surface area contributed by atoms with Crippen LogP contribution in [0.3, 0.4) is 0 Å². The quantitative estimate of drug-likeness (QED) is 0.490. The van der Waals surface area contributed by atoms with E-state index in [-0.39, 0.29) is 12.1 Å². The fourth-order valence-electron chi connectivity index (χ4n) is 3.64. The van der Waals surface area contributed by atoms with Gasteiger partial charge in [0.1, 0.15) is 11.6 Å². The number of halogens is 2. The lowest BCUT2D eigenvalue weighted by Gasteiger charge is -2.18. The lowest BCUT2D eigenvalue weighted by atomic mass is 10.0. The smallest absolute Gasteiger partial charge is 0.130 e. The highest BCUT2D eigenvalue weighted by molar-refractivity contribution is 5.85. The summed E-state index contributed by atoms with van der Waals surface area (Å²) in [5.74, 6) is -0.572. The van der Waals surface area contributed by atoms with E-state index in [2.05, 4.69) is 60.0 Å². The normalized spacial score (nSPS) is 12.4. The highest BCUT2D eigenvalue weighted by atomic mass is 19.1. The van der Waals surface area contributed by atoms with Crippen LogP contribution in [0.5, 0.6) is 0 Å². The molecule has 2 N–H and O–H groups in total. The van der Waals surface area contributed by atoms with E-state index in [0.29, 0.717) is 5.92 Å². The topological polar surface area (TPSA) is 24.1 Å². The summed E-state index contributed by atoms with van der Waals surface area (Å²) in [6.07, 6.45) is 2.14. The fourth-order valence-corrected chi connectivity index (χ4v) is 3.64. The number of rotatable bonds is 10.